The van der Waals surface area contributed by atoms with E-state index < -0.39 is 0 Å². The average molecular weight is 440 g/mol. The zero-order chi connectivity index (χ0) is 22.9. The zero-order valence-electron chi connectivity index (χ0n) is 18.7. The number of nitrogens with zero attached hydrogens (tertiary/aromatic N) is 3. The first kappa shape index (κ1) is 21.4. The number of benzene rings is 3. The molecule has 2 heterocycles. The molecule has 1 amide bonds. The first-order valence-corrected chi connectivity index (χ1v) is 11.4. The monoisotopic (exact) mass is 439 g/mol. The highest BCUT2D eigenvalue weighted by atomic mass is 19.1. The summed E-state index contributed by atoms with van der Waals surface area (Å²) in [7, 11) is 2.09. The molecule has 2 unspecified atom stereocenters. The summed E-state index contributed by atoms with van der Waals surface area (Å²) in [5.41, 5.74) is 3.60. The van der Waals surface area contributed by atoms with E-state index in [4.69, 9.17) is 0 Å². The predicted octanol–water partition coefficient (Wildman–Crippen LogP) is 5.20. The van der Waals surface area contributed by atoms with E-state index in [9.17, 15) is 14.4 Å². The number of carbonyl (C=O) groups is 1. The van der Waals surface area contributed by atoms with Gasteiger partial charge in [0.05, 0.1) is 11.6 Å². The molecule has 0 N–H and O–H groups in total. The van der Waals surface area contributed by atoms with Gasteiger partial charge in [0.15, 0.2) is 0 Å². The number of carbonyl (C=O) groups excluding carboxylic acids is 1. The van der Waals surface area contributed by atoms with Gasteiger partial charge in [-0.05, 0) is 78.5 Å². The number of nitriles is 1. The molecule has 0 radical (unpaired) electrons. The molecule has 1 saturated heterocycles. The number of piperidine rings is 1. The minimum Gasteiger partial charge on any atom is -0.331 e. The Labute approximate surface area is 193 Å². The molecule has 2 aliphatic heterocycles. The number of likely N-dealkylation sites (tertiary alicyclic amines) is 1. The van der Waals surface area contributed by atoms with Crippen LogP contribution in [0.5, 0.6) is 0 Å². The third kappa shape index (κ3) is 4.15. The summed E-state index contributed by atoms with van der Waals surface area (Å²) in [6.07, 6.45) is 3.86. The second-order valence-electron chi connectivity index (χ2n) is 9.08. The second kappa shape index (κ2) is 8.80. The quantitative estimate of drug-likeness (QED) is 0.561. The molecule has 3 aromatic rings. The Morgan fingerprint density at radius 1 is 1.12 bits per heavy atom. The summed E-state index contributed by atoms with van der Waals surface area (Å²) in [4.78, 5) is 17.6. The standard InChI is InChI=1S/C28H26FN3O/c1-31-12-10-22(16-27(31)20-6-8-24(29)9-7-20)26-11-13-32(28(26)33)18-23-15-19(17-30)14-21-4-2-3-5-25(21)23/h2-9,11,14-15,22,27H,10,12-13,16,18H2,1H3. The van der Waals surface area contributed by atoms with Crippen molar-refractivity contribution in [3.05, 3.63) is 94.8 Å². The van der Waals surface area contributed by atoms with Crippen molar-refractivity contribution in [2.45, 2.75) is 25.4 Å². The van der Waals surface area contributed by atoms with Crippen LogP contribution in [0, 0.1) is 23.1 Å². The normalized spacial score (nSPS) is 21.3. The summed E-state index contributed by atoms with van der Waals surface area (Å²) in [6.45, 7) is 1.97. The number of amides is 1. The van der Waals surface area contributed by atoms with Crippen LogP contribution in [-0.4, -0.2) is 35.8 Å². The summed E-state index contributed by atoms with van der Waals surface area (Å²) in [5.74, 6) is 0.0517. The maximum absolute atomic E-state index is 13.4. The van der Waals surface area contributed by atoms with E-state index >= 15 is 0 Å². The molecule has 2 aliphatic rings. The lowest BCUT2D eigenvalue weighted by Gasteiger charge is -2.38. The van der Waals surface area contributed by atoms with Crippen LogP contribution in [0.2, 0.25) is 0 Å². The smallest absolute Gasteiger partial charge is 0.250 e. The van der Waals surface area contributed by atoms with Gasteiger partial charge in [0.2, 0.25) is 5.91 Å². The van der Waals surface area contributed by atoms with Gasteiger partial charge in [-0.15, -0.1) is 0 Å². The SMILES string of the molecule is CN1CCC(C2=CCN(Cc3cc(C#N)cc4ccccc34)C2=O)CC1c1ccc(F)cc1. The lowest BCUT2D eigenvalue weighted by atomic mass is 9.82. The minimum atomic E-state index is -0.230. The number of hydrogen-bond acceptors (Lipinski definition) is 3. The van der Waals surface area contributed by atoms with Gasteiger partial charge < -0.3 is 4.90 Å². The van der Waals surface area contributed by atoms with Gasteiger partial charge in [0.1, 0.15) is 5.82 Å². The fraction of sp³-hybridized carbons (Fsp3) is 0.286. The fourth-order valence-corrected chi connectivity index (χ4v) is 5.27. The van der Waals surface area contributed by atoms with Crippen LogP contribution in [0.3, 0.4) is 0 Å². The molecule has 0 bridgehead atoms. The summed E-state index contributed by atoms with van der Waals surface area (Å²) in [5, 5.41) is 11.5. The first-order chi connectivity index (χ1) is 16.0. The van der Waals surface area contributed by atoms with E-state index in [-0.39, 0.29) is 23.7 Å². The van der Waals surface area contributed by atoms with Crippen LogP contribution >= 0.6 is 0 Å². The van der Waals surface area contributed by atoms with Gasteiger partial charge in [0.25, 0.3) is 0 Å². The minimum absolute atomic E-state index is 0.0915. The van der Waals surface area contributed by atoms with E-state index in [1.54, 1.807) is 0 Å². The van der Waals surface area contributed by atoms with Crippen molar-refractivity contribution in [3.63, 3.8) is 0 Å². The fourth-order valence-electron chi connectivity index (χ4n) is 5.27. The molecule has 2 atom stereocenters. The highest BCUT2D eigenvalue weighted by Crippen LogP contribution is 2.38. The topological polar surface area (TPSA) is 47.3 Å². The Bertz CT molecular complexity index is 1270. The molecule has 3 aromatic carbocycles. The predicted molar refractivity (Wildman–Crippen MR) is 127 cm³/mol. The zero-order valence-corrected chi connectivity index (χ0v) is 18.7. The largest absolute Gasteiger partial charge is 0.331 e. The van der Waals surface area contributed by atoms with E-state index in [1.165, 1.54) is 12.1 Å². The van der Waals surface area contributed by atoms with Crippen LogP contribution in [0.15, 0.2) is 72.3 Å². The third-order valence-electron chi connectivity index (χ3n) is 7.07. The van der Waals surface area contributed by atoms with Gasteiger partial charge in [-0.1, -0.05) is 42.5 Å². The van der Waals surface area contributed by atoms with Gasteiger partial charge in [-0.3, -0.25) is 9.69 Å². The van der Waals surface area contributed by atoms with Crippen LogP contribution in [-0.2, 0) is 11.3 Å². The van der Waals surface area contributed by atoms with Gasteiger partial charge in [-0.2, -0.15) is 5.26 Å². The van der Waals surface area contributed by atoms with Gasteiger partial charge in [0, 0.05) is 24.7 Å². The summed E-state index contributed by atoms with van der Waals surface area (Å²) >= 11 is 0. The van der Waals surface area contributed by atoms with Crippen molar-refractivity contribution in [1.82, 2.24) is 9.80 Å². The van der Waals surface area contributed by atoms with E-state index in [1.807, 2.05) is 53.4 Å². The van der Waals surface area contributed by atoms with Crippen LogP contribution < -0.4 is 0 Å². The lowest BCUT2D eigenvalue weighted by Crippen LogP contribution is -2.36. The maximum Gasteiger partial charge on any atom is 0.250 e. The molecule has 5 heteroatoms. The third-order valence-corrected chi connectivity index (χ3v) is 7.07. The molecular formula is C28H26FN3O. The molecular weight excluding hydrogens is 413 g/mol. The molecule has 0 aromatic heterocycles. The van der Waals surface area contributed by atoms with Gasteiger partial charge >= 0.3 is 0 Å². The summed E-state index contributed by atoms with van der Waals surface area (Å²) < 4.78 is 13.4. The second-order valence-corrected chi connectivity index (χ2v) is 9.08. The van der Waals surface area contributed by atoms with Crippen molar-refractivity contribution in [2.75, 3.05) is 20.1 Å². The van der Waals surface area contributed by atoms with E-state index in [0.717, 1.165) is 46.9 Å². The highest BCUT2D eigenvalue weighted by Gasteiger charge is 2.35. The Balaban J connectivity index is 1.34. The molecule has 0 saturated carbocycles. The Kier molecular flexibility index (Phi) is 5.70. The summed E-state index contributed by atoms with van der Waals surface area (Å²) in [6, 6.07) is 20.9. The number of fused-ring (bicyclic) bond motifs is 1. The number of halogens is 1. The number of rotatable bonds is 4. The van der Waals surface area contributed by atoms with Crippen molar-refractivity contribution >= 4 is 16.7 Å². The number of hydrogen-bond donors (Lipinski definition) is 0. The van der Waals surface area contributed by atoms with Crippen molar-refractivity contribution in [3.8, 4) is 6.07 Å². The van der Waals surface area contributed by atoms with E-state index in [2.05, 4.69) is 24.1 Å². The molecule has 4 nitrogen and oxygen atoms in total. The maximum atomic E-state index is 13.4. The van der Waals surface area contributed by atoms with Crippen LogP contribution in [0.4, 0.5) is 4.39 Å². The van der Waals surface area contributed by atoms with Crippen LogP contribution in [0.1, 0.15) is 35.6 Å². The Morgan fingerprint density at radius 3 is 2.70 bits per heavy atom. The van der Waals surface area contributed by atoms with Crippen molar-refractivity contribution in [1.29, 1.82) is 5.26 Å². The molecule has 5 rings (SSSR count). The molecule has 33 heavy (non-hydrogen) atoms. The highest BCUT2D eigenvalue weighted by molar-refractivity contribution is 5.97. The Hall–Kier alpha value is -3.49. The molecule has 166 valence electrons. The Morgan fingerprint density at radius 2 is 1.91 bits per heavy atom. The average Bonchev–Trinajstić information content (AvgIpc) is 3.20. The van der Waals surface area contributed by atoms with E-state index in [0.29, 0.717) is 18.7 Å². The van der Waals surface area contributed by atoms with Crippen molar-refractivity contribution in [2.24, 2.45) is 5.92 Å². The van der Waals surface area contributed by atoms with Crippen LogP contribution in [0.25, 0.3) is 10.8 Å². The molecule has 0 aliphatic carbocycles. The first-order valence-electron chi connectivity index (χ1n) is 11.4. The molecule has 1 fully saturated rings. The molecule has 0 spiro atoms. The lowest BCUT2D eigenvalue weighted by molar-refractivity contribution is -0.126. The van der Waals surface area contributed by atoms with Crippen molar-refractivity contribution < 1.29 is 9.18 Å². The van der Waals surface area contributed by atoms with Gasteiger partial charge in [-0.25, -0.2) is 4.39 Å².